The third-order valence-electron chi connectivity index (χ3n) is 1.07. The highest BCUT2D eigenvalue weighted by atomic mass is 16.1. The largest absolute Gasteiger partial charge is 0.303 e. The third-order valence-corrected chi connectivity index (χ3v) is 1.07. The lowest BCUT2D eigenvalue weighted by molar-refractivity contribution is -0.108. The van der Waals surface area contributed by atoms with E-state index in [0.29, 0.717) is 5.82 Å². The Morgan fingerprint density at radius 2 is 2.67 bits per heavy atom. The predicted molar refractivity (Wildman–Crippen MR) is 30.9 cm³/mol. The topological polar surface area (TPSA) is 58.6 Å². The van der Waals surface area contributed by atoms with Crippen LogP contribution in [-0.2, 0) is 4.79 Å². The van der Waals surface area contributed by atoms with Crippen LogP contribution in [0.25, 0.3) is 0 Å². The summed E-state index contributed by atoms with van der Waals surface area (Å²) in [4.78, 5) is 13.9. The molecule has 0 aliphatic heterocycles. The van der Waals surface area contributed by atoms with Crippen LogP contribution in [0.5, 0.6) is 0 Å². The molecule has 9 heavy (non-hydrogen) atoms. The summed E-state index contributed by atoms with van der Waals surface area (Å²) in [6.45, 7) is 1.76. The molecule has 0 aromatic carbocycles. The van der Waals surface area contributed by atoms with Gasteiger partial charge in [-0.25, -0.2) is 4.98 Å². The molecule has 4 heteroatoms. The predicted octanol–water partition coefficient (Wildman–Crippen LogP) is 0.107. The van der Waals surface area contributed by atoms with Gasteiger partial charge in [0.25, 0.3) is 0 Å². The molecule has 4 nitrogen and oxygen atoms in total. The number of carbonyl (C=O) groups excluding carboxylic acids is 1. The van der Waals surface area contributed by atoms with Gasteiger partial charge >= 0.3 is 0 Å². The summed E-state index contributed by atoms with van der Waals surface area (Å²) in [6, 6.07) is 0. The first-order valence-electron chi connectivity index (χ1n) is 2.65. The SMILES string of the molecule is CC(C=O)c1ncn[nH]1. The molecule has 1 unspecified atom stereocenters. The summed E-state index contributed by atoms with van der Waals surface area (Å²) in [6.07, 6.45) is 2.20. The number of H-pyrrole nitrogens is 1. The molecule has 48 valence electrons. The Kier molecular flexibility index (Phi) is 1.58. The number of carbonyl (C=O) groups is 1. The van der Waals surface area contributed by atoms with Crippen molar-refractivity contribution in [2.75, 3.05) is 0 Å². The second kappa shape index (κ2) is 2.39. The van der Waals surface area contributed by atoms with Crippen LogP contribution in [0, 0.1) is 0 Å². The Morgan fingerprint density at radius 1 is 1.89 bits per heavy atom. The second-order valence-corrected chi connectivity index (χ2v) is 1.80. The standard InChI is InChI=1S/C5H7N3O/c1-4(2-9)5-6-3-7-8-5/h2-4H,1H3,(H,6,7,8). The summed E-state index contributed by atoms with van der Waals surface area (Å²) in [5, 5.41) is 6.19. The van der Waals surface area contributed by atoms with Gasteiger partial charge in [-0.1, -0.05) is 0 Å². The molecular formula is C5H7N3O. The average Bonchev–Trinajstić information content (AvgIpc) is 2.37. The first kappa shape index (κ1) is 5.94. The lowest BCUT2D eigenvalue weighted by atomic mass is 10.2. The quantitative estimate of drug-likeness (QED) is 0.570. The Hall–Kier alpha value is -1.19. The van der Waals surface area contributed by atoms with Crippen LogP contribution < -0.4 is 0 Å². The monoisotopic (exact) mass is 125 g/mol. The maximum atomic E-state index is 10.1. The number of aldehydes is 1. The lowest BCUT2D eigenvalue weighted by Crippen LogP contribution is -1.96. The van der Waals surface area contributed by atoms with Crippen molar-refractivity contribution in [3.8, 4) is 0 Å². The van der Waals surface area contributed by atoms with Gasteiger partial charge in [0.1, 0.15) is 18.4 Å². The zero-order valence-electron chi connectivity index (χ0n) is 5.03. The maximum absolute atomic E-state index is 10.1. The van der Waals surface area contributed by atoms with E-state index in [1.807, 2.05) is 0 Å². The summed E-state index contributed by atoms with van der Waals surface area (Å²) >= 11 is 0. The highest BCUT2D eigenvalue weighted by Crippen LogP contribution is 2.02. The van der Waals surface area contributed by atoms with Gasteiger partial charge in [-0.2, -0.15) is 5.10 Å². The first-order chi connectivity index (χ1) is 4.34. The second-order valence-electron chi connectivity index (χ2n) is 1.80. The van der Waals surface area contributed by atoms with Crippen LogP contribution in [0.1, 0.15) is 18.7 Å². The van der Waals surface area contributed by atoms with Gasteiger partial charge in [-0.05, 0) is 6.92 Å². The molecule has 1 N–H and O–H groups in total. The van der Waals surface area contributed by atoms with Crippen molar-refractivity contribution in [2.24, 2.45) is 0 Å². The van der Waals surface area contributed by atoms with Crippen LogP contribution in [0.4, 0.5) is 0 Å². The van der Waals surface area contributed by atoms with E-state index in [1.54, 1.807) is 6.92 Å². The fourth-order valence-electron chi connectivity index (χ4n) is 0.499. The van der Waals surface area contributed by atoms with Crippen molar-refractivity contribution in [2.45, 2.75) is 12.8 Å². The van der Waals surface area contributed by atoms with Crippen molar-refractivity contribution in [1.29, 1.82) is 0 Å². The Balaban J connectivity index is 2.76. The highest BCUT2D eigenvalue weighted by Gasteiger charge is 2.04. The molecule has 0 saturated heterocycles. The number of hydrogen-bond acceptors (Lipinski definition) is 3. The van der Waals surface area contributed by atoms with E-state index in [4.69, 9.17) is 0 Å². The maximum Gasteiger partial charge on any atom is 0.137 e. The van der Waals surface area contributed by atoms with Gasteiger partial charge in [-0.15, -0.1) is 0 Å². The van der Waals surface area contributed by atoms with Crippen molar-refractivity contribution < 1.29 is 4.79 Å². The van der Waals surface area contributed by atoms with Crippen LogP contribution in [0.15, 0.2) is 6.33 Å². The number of aromatic amines is 1. The summed E-state index contributed by atoms with van der Waals surface area (Å²) < 4.78 is 0. The number of nitrogens with zero attached hydrogens (tertiary/aromatic N) is 2. The lowest BCUT2D eigenvalue weighted by Gasteiger charge is -1.92. The molecule has 0 saturated carbocycles. The van der Waals surface area contributed by atoms with Gasteiger partial charge < -0.3 is 4.79 Å². The van der Waals surface area contributed by atoms with Gasteiger partial charge in [0.2, 0.25) is 0 Å². The molecule has 0 bridgehead atoms. The molecule has 0 amide bonds. The Morgan fingerprint density at radius 3 is 3.11 bits per heavy atom. The van der Waals surface area contributed by atoms with E-state index in [2.05, 4.69) is 15.2 Å². The van der Waals surface area contributed by atoms with Crippen LogP contribution in [-0.4, -0.2) is 21.5 Å². The minimum Gasteiger partial charge on any atom is -0.303 e. The molecule has 1 heterocycles. The van der Waals surface area contributed by atoms with E-state index in [-0.39, 0.29) is 5.92 Å². The molecule has 0 spiro atoms. The molecule has 0 fully saturated rings. The van der Waals surface area contributed by atoms with Gasteiger partial charge in [-0.3, -0.25) is 5.10 Å². The Labute approximate surface area is 52.3 Å². The summed E-state index contributed by atoms with van der Waals surface area (Å²) in [5.74, 6) is 0.442. The fourth-order valence-corrected chi connectivity index (χ4v) is 0.499. The van der Waals surface area contributed by atoms with Crippen molar-refractivity contribution >= 4 is 6.29 Å². The summed E-state index contributed by atoms with van der Waals surface area (Å²) in [5.41, 5.74) is 0. The first-order valence-corrected chi connectivity index (χ1v) is 2.65. The smallest absolute Gasteiger partial charge is 0.137 e. The van der Waals surface area contributed by atoms with E-state index in [0.717, 1.165) is 6.29 Å². The highest BCUT2D eigenvalue weighted by molar-refractivity contribution is 5.58. The zero-order valence-corrected chi connectivity index (χ0v) is 5.03. The van der Waals surface area contributed by atoms with Gasteiger partial charge in [0, 0.05) is 0 Å². The normalized spacial score (nSPS) is 13.0. The fraction of sp³-hybridized carbons (Fsp3) is 0.400. The zero-order chi connectivity index (χ0) is 6.69. The van der Waals surface area contributed by atoms with E-state index < -0.39 is 0 Å². The number of rotatable bonds is 2. The minimum absolute atomic E-state index is 0.174. The minimum atomic E-state index is -0.174. The third kappa shape index (κ3) is 1.13. The van der Waals surface area contributed by atoms with E-state index in [9.17, 15) is 4.79 Å². The van der Waals surface area contributed by atoms with Crippen LogP contribution in [0.2, 0.25) is 0 Å². The number of nitrogens with one attached hydrogen (secondary N) is 1. The molecule has 0 aliphatic carbocycles. The molecular weight excluding hydrogens is 118 g/mol. The molecule has 1 aromatic rings. The van der Waals surface area contributed by atoms with E-state index >= 15 is 0 Å². The van der Waals surface area contributed by atoms with Gasteiger partial charge in [0.05, 0.1) is 5.92 Å². The van der Waals surface area contributed by atoms with E-state index in [1.165, 1.54) is 6.33 Å². The molecule has 0 radical (unpaired) electrons. The summed E-state index contributed by atoms with van der Waals surface area (Å²) in [7, 11) is 0. The molecule has 1 rings (SSSR count). The van der Waals surface area contributed by atoms with Crippen LogP contribution >= 0.6 is 0 Å². The molecule has 1 atom stereocenters. The number of hydrogen-bond donors (Lipinski definition) is 1. The Bertz CT molecular complexity index is 182. The molecule has 0 aliphatic rings. The van der Waals surface area contributed by atoms with Crippen molar-refractivity contribution in [1.82, 2.24) is 15.2 Å². The number of aromatic nitrogens is 3. The molecule has 1 aromatic heterocycles. The van der Waals surface area contributed by atoms with Crippen LogP contribution in [0.3, 0.4) is 0 Å². The van der Waals surface area contributed by atoms with Gasteiger partial charge in [0.15, 0.2) is 0 Å². The van der Waals surface area contributed by atoms with Crippen molar-refractivity contribution in [3.63, 3.8) is 0 Å². The average molecular weight is 125 g/mol. The van der Waals surface area contributed by atoms with Crippen molar-refractivity contribution in [3.05, 3.63) is 12.2 Å².